The van der Waals surface area contributed by atoms with E-state index in [9.17, 15) is 0 Å². The van der Waals surface area contributed by atoms with Crippen molar-refractivity contribution in [2.45, 2.75) is 13.8 Å². The van der Waals surface area contributed by atoms with E-state index in [-0.39, 0.29) is 0 Å². The summed E-state index contributed by atoms with van der Waals surface area (Å²) in [7, 11) is 2.94. The molecule has 0 bridgehead atoms. The Labute approximate surface area is 153 Å². The third-order valence-electron chi connectivity index (χ3n) is 3.30. The van der Waals surface area contributed by atoms with Gasteiger partial charge in [0.05, 0.1) is 11.4 Å². The van der Waals surface area contributed by atoms with Crippen LogP contribution in [0.15, 0.2) is 53.5 Å². The molecule has 4 nitrogen and oxygen atoms in total. The maximum Gasteiger partial charge on any atom is 0.209 e. The lowest BCUT2D eigenvalue weighted by Gasteiger charge is -2.21. The molecule has 0 aliphatic heterocycles. The minimum Gasteiger partial charge on any atom is -0.369 e. The lowest BCUT2D eigenvalue weighted by molar-refractivity contribution is 1.23. The third-order valence-corrected chi connectivity index (χ3v) is 5.87. The number of guanidine groups is 1. The summed E-state index contributed by atoms with van der Waals surface area (Å²) in [5.74, 6) is 0.364. The van der Waals surface area contributed by atoms with E-state index in [0.717, 1.165) is 27.6 Å². The van der Waals surface area contributed by atoms with Crippen molar-refractivity contribution in [3.63, 3.8) is 0 Å². The first kappa shape index (κ1) is 16.8. The number of hydrogen-bond donors (Lipinski definition) is 1. The summed E-state index contributed by atoms with van der Waals surface area (Å²) in [5, 5.41) is 0.726. The van der Waals surface area contributed by atoms with Gasteiger partial charge in [0.25, 0.3) is 0 Å². The lowest BCUT2D eigenvalue weighted by Crippen LogP contribution is -2.33. The first-order valence-corrected chi connectivity index (χ1v) is 9.83. The fourth-order valence-corrected chi connectivity index (χ4v) is 4.33. The van der Waals surface area contributed by atoms with E-state index in [4.69, 9.17) is 18.0 Å². The van der Waals surface area contributed by atoms with Crippen LogP contribution in [-0.2, 0) is 0 Å². The number of rotatable bonds is 3. The molecule has 0 saturated heterocycles. The molecule has 24 heavy (non-hydrogen) atoms. The largest absolute Gasteiger partial charge is 0.369 e. The summed E-state index contributed by atoms with van der Waals surface area (Å²) in [6.45, 7) is 4.07. The predicted octanol–water partition coefficient (Wildman–Crippen LogP) is 5.34. The van der Waals surface area contributed by atoms with Crippen LogP contribution in [-0.4, -0.2) is 10.9 Å². The molecule has 3 rings (SSSR count). The molecular weight excluding hydrogens is 356 g/mol. The number of aliphatic imine (C=N–C) groups is 1. The minimum absolute atomic E-state index is 0.364. The van der Waals surface area contributed by atoms with Crippen LogP contribution < -0.4 is 10.6 Å². The van der Waals surface area contributed by atoms with Gasteiger partial charge >= 0.3 is 0 Å². The van der Waals surface area contributed by atoms with Gasteiger partial charge in [0.1, 0.15) is 0 Å². The summed E-state index contributed by atoms with van der Waals surface area (Å²) in [6, 6.07) is 16.0. The number of benzene rings is 2. The first-order chi connectivity index (χ1) is 11.5. The molecule has 122 valence electrons. The van der Waals surface area contributed by atoms with E-state index >= 15 is 0 Å². The Morgan fingerprint density at radius 2 is 1.79 bits per heavy atom. The van der Waals surface area contributed by atoms with Crippen molar-refractivity contribution in [3.05, 3.63) is 63.6 Å². The second-order valence-corrected chi connectivity index (χ2v) is 8.04. The van der Waals surface area contributed by atoms with Gasteiger partial charge in [-0.25, -0.2) is 4.99 Å². The van der Waals surface area contributed by atoms with Crippen molar-refractivity contribution < 1.29 is 0 Å². The average Bonchev–Trinajstić information content (AvgIpc) is 2.93. The zero-order valence-electron chi connectivity index (χ0n) is 13.3. The van der Waals surface area contributed by atoms with E-state index in [1.165, 1.54) is 20.7 Å². The van der Waals surface area contributed by atoms with Crippen molar-refractivity contribution in [2.24, 2.45) is 10.7 Å². The molecule has 0 radical (unpaired) electrons. The monoisotopic (exact) mass is 372 g/mol. The molecule has 0 unspecified atom stereocenters. The molecule has 0 spiro atoms. The molecule has 2 aromatic carbocycles. The number of nitrogens with zero attached hydrogens (tertiary/aromatic N) is 3. The summed E-state index contributed by atoms with van der Waals surface area (Å²) < 4.78 is 0.594. The second-order valence-electron chi connectivity index (χ2n) is 5.31. The molecular formula is C17H16N4S3. The summed E-state index contributed by atoms with van der Waals surface area (Å²) >= 11 is 5.17. The number of aryl methyl sites for hydroxylation is 2. The van der Waals surface area contributed by atoms with E-state index < -0.39 is 0 Å². The molecule has 0 atom stereocenters. The quantitative estimate of drug-likeness (QED) is 0.292. The molecule has 2 N–H and O–H groups in total. The van der Waals surface area contributed by atoms with Crippen LogP contribution in [0.25, 0.3) is 0 Å². The fourth-order valence-electron chi connectivity index (χ4n) is 2.26. The third kappa shape index (κ3) is 3.87. The van der Waals surface area contributed by atoms with Gasteiger partial charge in [0.15, 0.2) is 3.95 Å². The minimum atomic E-state index is 0.364. The Kier molecular flexibility index (Phi) is 5.03. The van der Waals surface area contributed by atoms with Crippen molar-refractivity contribution in [3.8, 4) is 0 Å². The van der Waals surface area contributed by atoms with Gasteiger partial charge in [-0.2, -0.15) is 4.98 Å². The SMILES string of the molecule is Cc1cccc(N=C(N)N(c2cccc(C)c2)c2nc(=S)ss2)c1. The van der Waals surface area contributed by atoms with Crippen LogP contribution in [0, 0.1) is 17.8 Å². The maximum atomic E-state index is 6.34. The number of nitrogens with two attached hydrogens (primary N) is 1. The smallest absolute Gasteiger partial charge is 0.209 e. The molecule has 3 aromatic rings. The number of hydrogen-bond acceptors (Lipinski definition) is 5. The highest BCUT2D eigenvalue weighted by Crippen LogP contribution is 2.31. The van der Waals surface area contributed by atoms with Gasteiger partial charge in [-0.05, 0) is 82.1 Å². The van der Waals surface area contributed by atoms with E-state index in [1.54, 1.807) is 0 Å². The van der Waals surface area contributed by atoms with E-state index in [1.807, 2.05) is 67.3 Å². The van der Waals surface area contributed by atoms with Crippen molar-refractivity contribution >= 4 is 55.4 Å². The zero-order valence-corrected chi connectivity index (χ0v) is 15.7. The van der Waals surface area contributed by atoms with Crippen molar-refractivity contribution in [1.82, 2.24) is 4.98 Å². The van der Waals surface area contributed by atoms with Crippen LogP contribution in [0.3, 0.4) is 0 Å². The number of anilines is 2. The van der Waals surface area contributed by atoms with Crippen molar-refractivity contribution in [2.75, 3.05) is 4.90 Å². The highest BCUT2D eigenvalue weighted by molar-refractivity contribution is 7.80. The lowest BCUT2D eigenvalue weighted by atomic mass is 10.2. The van der Waals surface area contributed by atoms with Crippen LogP contribution in [0.4, 0.5) is 16.5 Å². The molecule has 0 saturated carbocycles. The molecule has 7 heteroatoms. The highest BCUT2D eigenvalue weighted by atomic mass is 32.9. The fraction of sp³-hybridized carbons (Fsp3) is 0.118. The van der Waals surface area contributed by atoms with E-state index in [0.29, 0.717) is 9.91 Å². The van der Waals surface area contributed by atoms with Gasteiger partial charge in [-0.3, -0.25) is 4.90 Å². The molecule has 1 aromatic heterocycles. The molecule has 0 fully saturated rings. The highest BCUT2D eigenvalue weighted by Gasteiger charge is 2.17. The normalized spacial score (nSPS) is 11.5. The maximum absolute atomic E-state index is 6.34. The van der Waals surface area contributed by atoms with Crippen LogP contribution >= 0.6 is 32.9 Å². The van der Waals surface area contributed by atoms with E-state index in [2.05, 4.69) is 9.98 Å². The van der Waals surface area contributed by atoms with Gasteiger partial charge in [-0.1, -0.05) is 24.3 Å². The van der Waals surface area contributed by atoms with Crippen LogP contribution in [0.2, 0.25) is 0 Å². The standard InChI is InChI=1S/C17H16N4S3/c1-11-5-3-7-13(9-11)19-15(18)21(16-20-17(22)24-23-16)14-8-4-6-12(2)10-14/h3-10H,1-2H3,(H2,18,19). The first-order valence-electron chi connectivity index (χ1n) is 7.28. The second kappa shape index (κ2) is 7.21. The van der Waals surface area contributed by atoms with Gasteiger partial charge in [0.2, 0.25) is 11.1 Å². The van der Waals surface area contributed by atoms with Crippen LogP contribution in [0.5, 0.6) is 0 Å². The predicted molar refractivity (Wildman–Crippen MR) is 107 cm³/mol. The van der Waals surface area contributed by atoms with Gasteiger partial charge in [0, 0.05) is 0 Å². The van der Waals surface area contributed by atoms with Crippen molar-refractivity contribution in [1.29, 1.82) is 0 Å². The molecule has 1 heterocycles. The Bertz CT molecular complexity index is 943. The molecule has 0 aliphatic rings. The summed E-state index contributed by atoms with van der Waals surface area (Å²) in [5.41, 5.74) is 10.3. The Hall–Kier alpha value is -2.09. The average molecular weight is 373 g/mol. The number of aromatic nitrogens is 1. The van der Waals surface area contributed by atoms with Gasteiger partial charge < -0.3 is 5.73 Å². The zero-order chi connectivity index (χ0) is 17.1. The topological polar surface area (TPSA) is 54.5 Å². The van der Waals surface area contributed by atoms with Gasteiger partial charge in [-0.15, -0.1) is 0 Å². The Morgan fingerprint density at radius 1 is 1.08 bits per heavy atom. The molecule has 0 aliphatic carbocycles. The van der Waals surface area contributed by atoms with Crippen LogP contribution in [0.1, 0.15) is 11.1 Å². The molecule has 0 amide bonds. The summed E-state index contributed by atoms with van der Waals surface area (Å²) in [4.78, 5) is 10.8. The Balaban J connectivity index is 2.09. The Morgan fingerprint density at radius 3 is 2.42 bits per heavy atom. The summed E-state index contributed by atoms with van der Waals surface area (Å²) in [6.07, 6.45) is 0.